The number of hydrogen-bond donors (Lipinski definition) is 1. The number of amides is 2. The first-order valence-corrected chi connectivity index (χ1v) is 9.62. The molecule has 0 bridgehead atoms. The fourth-order valence-corrected chi connectivity index (χ4v) is 3.51. The molecule has 0 saturated carbocycles. The average Bonchev–Trinajstić information content (AvgIpc) is 2.68. The predicted molar refractivity (Wildman–Crippen MR) is 110 cm³/mol. The van der Waals surface area contributed by atoms with E-state index >= 15 is 0 Å². The molecule has 1 aliphatic rings. The molecule has 1 N–H and O–H groups in total. The Labute approximate surface area is 174 Å². The molecule has 28 heavy (non-hydrogen) atoms. The van der Waals surface area contributed by atoms with Gasteiger partial charge in [0.1, 0.15) is 5.75 Å². The lowest BCUT2D eigenvalue weighted by Gasteiger charge is -2.34. The van der Waals surface area contributed by atoms with Crippen molar-refractivity contribution in [3.63, 3.8) is 0 Å². The first-order valence-electron chi connectivity index (χ1n) is 8.87. The van der Waals surface area contributed by atoms with Crippen LogP contribution in [0.4, 0.5) is 5.69 Å². The van der Waals surface area contributed by atoms with Crippen LogP contribution >= 0.6 is 23.2 Å². The highest BCUT2D eigenvalue weighted by atomic mass is 35.5. The number of halogens is 2. The van der Waals surface area contributed by atoms with E-state index in [2.05, 4.69) is 5.32 Å². The molecular formula is C20H21Cl2N3O3. The fourth-order valence-electron chi connectivity index (χ4n) is 3.02. The number of hydrogen-bond acceptors (Lipinski definition) is 4. The molecule has 3 rings (SSSR count). The van der Waals surface area contributed by atoms with Gasteiger partial charge in [-0.2, -0.15) is 0 Å². The van der Waals surface area contributed by atoms with E-state index in [0.717, 1.165) is 11.4 Å². The third-order valence-electron chi connectivity index (χ3n) is 4.56. The summed E-state index contributed by atoms with van der Waals surface area (Å²) in [6, 6.07) is 12.0. The van der Waals surface area contributed by atoms with Crippen molar-refractivity contribution in [2.75, 3.05) is 45.2 Å². The number of carbonyl (C=O) groups excluding carboxylic acids is 2. The zero-order valence-electron chi connectivity index (χ0n) is 15.5. The van der Waals surface area contributed by atoms with Gasteiger partial charge < -0.3 is 15.0 Å². The van der Waals surface area contributed by atoms with Crippen LogP contribution in [0.1, 0.15) is 10.4 Å². The molecule has 1 fully saturated rings. The zero-order valence-corrected chi connectivity index (χ0v) is 17.0. The van der Waals surface area contributed by atoms with E-state index in [9.17, 15) is 9.59 Å². The smallest absolute Gasteiger partial charge is 0.255 e. The topological polar surface area (TPSA) is 61.9 Å². The molecule has 1 saturated heterocycles. The Kier molecular flexibility index (Phi) is 6.78. The van der Waals surface area contributed by atoms with Gasteiger partial charge in [0.05, 0.1) is 24.2 Å². The zero-order chi connectivity index (χ0) is 20.1. The number of methoxy groups -OCH3 is 1. The Bertz CT molecular complexity index is 850. The summed E-state index contributed by atoms with van der Waals surface area (Å²) in [5.74, 6) is 0.522. The second kappa shape index (κ2) is 9.28. The highest BCUT2D eigenvalue weighted by Gasteiger charge is 2.24. The van der Waals surface area contributed by atoms with E-state index in [-0.39, 0.29) is 18.4 Å². The lowest BCUT2D eigenvalue weighted by atomic mass is 10.1. The van der Waals surface area contributed by atoms with Crippen molar-refractivity contribution < 1.29 is 14.3 Å². The highest BCUT2D eigenvalue weighted by molar-refractivity contribution is 6.36. The van der Waals surface area contributed by atoms with Gasteiger partial charge in [-0.25, -0.2) is 0 Å². The van der Waals surface area contributed by atoms with Crippen LogP contribution in [-0.4, -0.2) is 61.4 Å². The monoisotopic (exact) mass is 421 g/mol. The average molecular weight is 422 g/mol. The molecule has 6 nitrogen and oxygen atoms in total. The molecule has 2 aromatic carbocycles. The van der Waals surface area contributed by atoms with Gasteiger partial charge in [0.15, 0.2) is 0 Å². The van der Waals surface area contributed by atoms with Crippen molar-refractivity contribution in [3.05, 3.63) is 58.1 Å². The molecule has 0 radical (unpaired) electrons. The number of nitrogens with one attached hydrogen (secondary N) is 1. The van der Waals surface area contributed by atoms with Crippen LogP contribution in [0.3, 0.4) is 0 Å². The van der Waals surface area contributed by atoms with E-state index in [4.69, 9.17) is 27.9 Å². The minimum Gasteiger partial charge on any atom is -0.497 e. The van der Waals surface area contributed by atoms with Crippen LogP contribution in [0.2, 0.25) is 10.0 Å². The number of rotatable bonds is 5. The maximum absolute atomic E-state index is 12.6. The summed E-state index contributed by atoms with van der Waals surface area (Å²) in [4.78, 5) is 28.7. The van der Waals surface area contributed by atoms with Gasteiger partial charge in [-0.05, 0) is 42.5 Å². The van der Waals surface area contributed by atoms with Crippen LogP contribution in [-0.2, 0) is 4.79 Å². The second-order valence-corrected chi connectivity index (χ2v) is 7.31. The summed E-state index contributed by atoms with van der Waals surface area (Å²) in [6.45, 7) is 2.58. The number of anilines is 1. The van der Waals surface area contributed by atoms with Crippen molar-refractivity contribution in [3.8, 4) is 5.75 Å². The molecular weight excluding hydrogens is 401 g/mol. The molecule has 2 aromatic rings. The Morgan fingerprint density at radius 3 is 2.32 bits per heavy atom. The molecule has 0 spiro atoms. The molecule has 0 aromatic heterocycles. The SMILES string of the molecule is COc1ccc(NC(=O)CN2CCN(C(=O)c3ccc(Cl)cc3Cl)CC2)cc1. The van der Waals surface area contributed by atoms with E-state index in [1.54, 1.807) is 54.5 Å². The summed E-state index contributed by atoms with van der Waals surface area (Å²) in [7, 11) is 1.60. The van der Waals surface area contributed by atoms with E-state index < -0.39 is 0 Å². The molecule has 2 amide bonds. The minimum atomic E-state index is -0.121. The predicted octanol–water partition coefficient (Wildman–Crippen LogP) is 3.40. The van der Waals surface area contributed by atoms with Crippen LogP contribution in [0, 0.1) is 0 Å². The maximum atomic E-state index is 12.6. The standard InChI is InChI=1S/C20H21Cl2N3O3/c1-28-16-5-3-15(4-6-16)23-19(26)13-24-8-10-25(11-9-24)20(27)17-7-2-14(21)12-18(17)22/h2-7,12H,8-11,13H2,1H3,(H,23,26). The number of piperazine rings is 1. The number of nitrogens with zero attached hydrogens (tertiary/aromatic N) is 2. The normalized spacial score (nSPS) is 14.6. The molecule has 8 heteroatoms. The van der Waals surface area contributed by atoms with Gasteiger partial charge >= 0.3 is 0 Å². The van der Waals surface area contributed by atoms with Crippen molar-refractivity contribution in [2.24, 2.45) is 0 Å². The van der Waals surface area contributed by atoms with Crippen molar-refractivity contribution in [1.82, 2.24) is 9.80 Å². The number of carbonyl (C=O) groups is 2. The maximum Gasteiger partial charge on any atom is 0.255 e. The van der Waals surface area contributed by atoms with E-state index in [1.165, 1.54) is 0 Å². The minimum absolute atomic E-state index is 0.0920. The Hall–Kier alpha value is -2.28. The van der Waals surface area contributed by atoms with Crippen molar-refractivity contribution in [1.29, 1.82) is 0 Å². The van der Waals surface area contributed by atoms with Crippen LogP contribution in [0.25, 0.3) is 0 Å². The van der Waals surface area contributed by atoms with Gasteiger partial charge in [0.2, 0.25) is 5.91 Å². The second-order valence-electron chi connectivity index (χ2n) is 6.47. The molecule has 0 aliphatic carbocycles. The molecule has 148 valence electrons. The lowest BCUT2D eigenvalue weighted by Crippen LogP contribution is -2.50. The summed E-state index contributed by atoms with van der Waals surface area (Å²) >= 11 is 12.0. The number of benzene rings is 2. The van der Waals surface area contributed by atoms with Crippen LogP contribution in [0.15, 0.2) is 42.5 Å². The first kappa shape index (κ1) is 20.5. The van der Waals surface area contributed by atoms with Crippen LogP contribution < -0.4 is 10.1 Å². The van der Waals surface area contributed by atoms with Gasteiger partial charge in [-0.3, -0.25) is 14.5 Å². The van der Waals surface area contributed by atoms with Gasteiger partial charge in [-0.15, -0.1) is 0 Å². The van der Waals surface area contributed by atoms with Gasteiger partial charge in [-0.1, -0.05) is 23.2 Å². The Balaban J connectivity index is 1.49. The molecule has 0 atom stereocenters. The third kappa shape index (κ3) is 5.16. The first-order chi connectivity index (χ1) is 13.5. The van der Waals surface area contributed by atoms with Gasteiger partial charge in [0, 0.05) is 36.9 Å². The molecule has 1 heterocycles. The lowest BCUT2D eigenvalue weighted by molar-refractivity contribution is -0.117. The fraction of sp³-hybridized carbons (Fsp3) is 0.300. The summed E-state index contributed by atoms with van der Waals surface area (Å²) in [5.41, 5.74) is 1.16. The third-order valence-corrected chi connectivity index (χ3v) is 5.11. The van der Waals surface area contributed by atoms with Crippen molar-refractivity contribution >= 4 is 40.7 Å². The Morgan fingerprint density at radius 2 is 1.71 bits per heavy atom. The summed E-state index contributed by atoms with van der Waals surface area (Å²) in [5, 5.41) is 3.71. The number of ether oxygens (including phenoxy) is 1. The molecule has 0 unspecified atom stereocenters. The summed E-state index contributed by atoms with van der Waals surface area (Å²) < 4.78 is 5.10. The summed E-state index contributed by atoms with van der Waals surface area (Å²) in [6.07, 6.45) is 0. The Morgan fingerprint density at radius 1 is 1.04 bits per heavy atom. The molecule has 1 aliphatic heterocycles. The van der Waals surface area contributed by atoms with Crippen LogP contribution in [0.5, 0.6) is 5.75 Å². The van der Waals surface area contributed by atoms with Gasteiger partial charge in [0.25, 0.3) is 5.91 Å². The van der Waals surface area contributed by atoms with E-state index in [1.807, 2.05) is 4.90 Å². The highest BCUT2D eigenvalue weighted by Crippen LogP contribution is 2.23. The van der Waals surface area contributed by atoms with E-state index in [0.29, 0.717) is 41.8 Å². The van der Waals surface area contributed by atoms with Crippen molar-refractivity contribution in [2.45, 2.75) is 0 Å². The largest absolute Gasteiger partial charge is 0.497 e. The quantitative estimate of drug-likeness (QED) is 0.803.